The molecule has 0 unspecified atom stereocenters. The summed E-state index contributed by atoms with van der Waals surface area (Å²) in [7, 11) is 0. The molecule has 0 saturated carbocycles. The first-order chi connectivity index (χ1) is 11.8. The molecule has 3 N–H and O–H groups in total. The van der Waals surface area contributed by atoms with Gasteiger partial charge in [0.1, 0.15) is 5.82 Å². The van der Waals surface area contributed by atoms with Crippen LogP contribution in [0.2, 0.25) is 0 Å². The molecular weight excluding hydrogens is 321 g/mol. The second-order valence-electron chi connectivity index (χ2n) is 5.91. The zero-order valence-corrected chi connectivity index (χ0v) is 14.6. The van der Waals surface area contributed by atoms with Crippen LogP contribution in [0.1, 0.15) is 23.6 Å². The number of rotatable bonds is 5. The molecule has 3 amide bonds. The molecule has 0 aromatic heterocycles. The van der Waals surface area contributed by atoms with E-state index in [9.17, 15) is 14.0 Å². The van der Waals surface area contributed by atoms with Gasteiger partial charge in [-0.15, -0.1) is 0 Å². The summed E-state index contributed by atoms with van der Waals surface area (Å²) in [5.74, 6) is -0.435. The van der Waals surface area contributed by atoms with Gasteiger partial charge in [-0.1, -0.05) is 12.1 Å². The largest absolute Gasteiger partial charge is 0.338 e. The first kappa shape index (κ1) is 18.4. The van der Waals surface area contributed by atoms with E-state index in [4.69, 9.17) is 0 Å². The summed E-state index contributed by atoms with van der Waals surface area (Å²) in [6.07, 6.45) is 0.616. The molecule has 0 aliphatic heterocycles. The van der Waals surface area contributed by atoms with E-state index in [1.807, 2.05) is 19.9 Å². The number of hydrogen-bond donors (Lipinski definition) is 3. The van der Waals surface area contributed by atoms with Crippen LogP contribution in [0.4, 0.5) is 20.6 Å². The van der Waals surface area contributed by atoms with E-state index >= 15 is 0 Å². The van der Waals surface area contributed by atoms with Crippen molar-refractivity contribution >= 4 is 23.3 Å². The summed E-state index contributed by atoms with van der Waals surface area (Å²) in [5, 5.41) is 8.23. The minimum atomic E-state index is -0.331. The van der Waals surface area contributed by atoms with Crippen LogP contribution in [-0.2, 0) is 11.2 Å². The number of carbonyl (C=O) groups is 2. The summed E-state index contributed by atoms with van der Waals surface area (Å²) in [6, 6.07) is 9.60. The minimum absolute atomic E-state index is 0.172. The highest BCUT2D eigenvalue weighted by Crippen LogP contribution is 2.20. The van der Waals surface area contributed by atoms with Crippen molar-refractivity contribution in [1.29, 1.82) is 0 Å². The lowest BCUT2D eigenvalue weighted by Gasteiger charge is -2.12. The van der Waals surface area contributed by atoms with Crippen LogP contribution in [-0.4, -0.2) is 18.5 Å². The summed E-state index contributed by atoms with van der Waals surface area (Å²) in [5.41, 5.74) is 3.99. The van der Waals surface area contributed by atoms with Crippen molar-refractivity contribution in [3.63, 3.8) is 0 Å². The summed E-state index contributed by atoms with van der Waals surface area (Å²) in [4.78, 5) is 23.2. The van der Waals surface area contributed by atoms with Gasteiger partial charge in [-0.05, 0) is 61.2 Å². The summed E-state index contributed by atoms with van der Waals surface area (Å²) >= 11 is 0. The van der Waals surface area contributed by atoms with Crippen molar-refractivity contribution in [2.24, 2.45) is 0 Å². The number of benzene rings is 2. The molecule has 0 saturated heterocycles. The van der Waals surface area contributed by atoms with Crippen LogP contribution in [0.3, 0.4) is 0 Å². The number of hydrogen-bond acceptors (Lipinski definition) is 2. The van der Waals surface area contributed by atoms with E-state index < -0.39 is 0 Å². The summed E-state index contributed by atoms with van der Waals surface area (Å²) in [6.45, 7) is 5.57. The first-order valence-corrected chi connectivity index (χ1v) is 8.03. The molecular formula is C19H22FN3O2. The van der Waals surface area contributed by atoms with E-state index in [0.717, 1.165) is 16.7 Å². The molecule has 2 rings (SSSR count). The van der Waals surface area contributed by atoms with Gasteiger partial charge in [0.2, 0.25) is 5.91 Å². The van der Waals surface area contributed by atoms with Crippen molar-refractivity contribution in [2.75, 3.05) is 17.2 Å². The van der Waals surface area contributed by atoms with Gasteiger partial charge in [-0.2, -0.15) is 0 Å². The van der Waals surface area contributed by atoms with E-state index in [-0.39, 0.29) is 17.8 Å². The molecule has 0 spiro atoms. The molecule has 0 aliphatic rings. The van der Waals surface area contributed by atoms with Gasteiger partial charge in [-0.3, -0.25) is 4.79 Å². The maximum absolute atomic E-state index is 13.1. The van der Waals surface area contributed by atoms with Crippen LogP contribution in [0.25, 0.3) is 0 Å². The second-order valence-corrected chi connectivity index (χ2v) is 5.91. The van der Waals surface area contributed by atoms with Gasteiger partial charge in [0.25, 0.3) is 0 Å². The third-order valence-electron chi connectivity index (χ3n) is 3.79. The van der Waals surface area contributed by atoms with Crippen molar-refractivity contribution in [2.45, 2.75) is 27.2 Å². The zero-order valence-electron chi connectivity index (χ0n) is 14.6. The lowest BCUT2D eigenvalue weighted by Crippen LogP contribution is -2.30. The number of nitrogens with one attached hydrogen (secondary N) is 3. The molecule has 0 aliphatic carbocycles. The standard InChI is InChI=1S/C19H22FN3O2/c1-12-4-7-17(22-14(3)24)11-18(12)23-19(25)21-9-8-15-5-6-16(20)10-13(15)2/h4-7,10-11H,8-9H2,1-3H3,(H,22,24)(H2,21,23,25). The smallest absolute Gasteiger partial charge is 0.319 e. The molecule has 25 heavy (non-hydrogen) atoms. The van der Waals surface area contributed by atoms with Crippen molar-refractivity contribution in [1.82, 2.24) is 5.32 Å². The third kappa shape index (κ3) is 5.60. The molecule has 0 radical (unpaired) electrons. The van der Waals surface area contributed by atoms with Gasteiger partial charge >= 0.3 is 6.03 Å². The van der Waals surface area contributed by atoms with Crippen LogP contribution in [0.15, 0.2) is 36.4 Å². The molecule has 0 heterocycles. The predicted octanol–water partition coefficient (Wildman–Crippen LogP) is 3.77. The first-order valence-electron chi connectivity index (χ1n) is 8.03. The van der Waals surface area contributed by atoms with Gasteiger partial charge in [0.05, 0.1) is 0 Å². The van der Waals surface area contributed by atoms with Crippen molar-refractivity contribution in [3.8, 4) is 0 Å². The maximum Gasteiger partial charge on any atom is 0.319 e. The van der Waals surface area contributed by atoms with Gasteiger partial charge < -0.3 is 16.0 Å². The van der Waals surface area contributed by atoms with Crippen LogP contribution >= 0.6 is 0 Å². The Kier molecular flexibility index (Phi) is 6.11. The normalized spacial score (nSPS) is 10.2. The molecule has 2 aromatic rings. The second kappa shape index (κ2) is 8.28. The Morgan fingerprint density at radius 1 is 1.00 bits per heavy atom. The van der Waals surface area contributed by atoms with Crippen LogP contribution < -0.4 is 16.0 Å². The average Bonchev–Trinajstić information content (AvgIpc) is 2.52. The fourth-order valence-electron chi connectivity index (χ4n) is 2.45. The molecule has 6 heteroatoms. The van der Waals surface area contributed by atoms with E-state index in [0.29, 0.717) is 24.3 Å². The average molecular weight is 343 g/mol. The lowest BCUT2D eigenvalue weighted by molar-refractivity contribution is -0.114. The molecule has 0 atom stereocenters. The highest BCUT2D eigenvalue weighted by molar-refractivity contribution is 5.93. The monoisotopic (exact) mass is 343 g/mol. The van der Waals surface area contributed by atoms with Gasteiger partial charge in [0.15, 0.2) is 0 Å². The van der Waals surface area contributed by atoms with E-state index in [2.05, 4.69) is 16.0 Å². The van der Waals surface area contributed by atoms with Crippen LogP contribution in [0, 0.1) is 19.7 Å². The minimum Gasteiger partial charge on any atom is -0.338 e. The van der Waals surface area contributed by atoms with Crippen molar-refractivity contribution < 1.29 is 14.0 Å². The van der Waals surface area contributed by atoms with Crippen molar-refractivity contribution in [3.05, 3.63) is 58.9 Å². The van der Waals surface area contributed by atoms with Gasteiger partial charge in [0, 0.05) is 24.8 Å². The topological polar surface area (TPSA) is 70.2 Å². The Labute approximate surface area is 146 Å². The van der Waals surface area contributed by atoms with Crippen LogP contribution in [0.5, 0.6) is 0 Å². The number of amides is 3. The SMILES string of the molecule is CC(=O)Nc1ccc(C)c(NC(=O)NCCc2ccc(F)cc2C)c1. The highest BCUT2D eigenvalue weighted by atomic mass is 19.1. The quantitative estimate of drug-likeness (QED) is 0.773. The summed E-state index contributed by atoms with van der Waals surface area (Å²) < 4.78 is 13.1. The number of aryl methyl sites for hydroxylation is 2. The Morgan fingerprint density at radius 3 is 2.44 bits per heavy atom. The number of carbonyl (C=O) groups excluding carboxylic acids is 2. The van der Waals surface area contributed by atoms with E-state index in [1.165, 1.54) is 19.1 Å². The Bertz CT molecular complexity index is 790. The maximum atomic E-state index is 13.1. The third-order valence-corrected chi connectivity index (χ3v) is 3.79. The molecule has 2 aromatic carbocycles. The zero-order chi connectivity index (χ0) is 18.4. The Balaban J connectivity index is 1.90. The molecule has 132 valence electrons. The molecule has 0 fully saturated rings. The fraction of sp³-hybridized carbons (Fsp3) is 0.263. The Morgan fingerprint density at radius 2 is 1.76 bits per heavy atom. The highest BCUT2D eigenvalue weighted by Gasteiger charge is 2.07. The number of anilines is 2. The number of urea groups is 1. The molecule has 0 bridgehead atoms. The van der Waals surface area contributed by atoms with Gasteiger partial charge in [-0.25, -0.2) is 9.18 Å². The lowest BCUT2D eigenvalue weighted by atomic mass is 10.1. The number of halogens is 1. The Hall–Kier alpha value is -2.89. The molecule has 5 nitrogen and oxygen atoms in total. The fourth-order valence-corrected chi connectivity index (χ4v) is 2.45. The van der Waals surface area contributed by atoms with E-state index in [1.54, 1.807) is 18.2 Å². The predicted molar refractivity (Wildman–Crippen MR) is 97.3 cm³/mol.